The van der Waals surface area contributed by atoms with Gasteiger partial charge in [0.2, 0.25) is 0 Å². The number of aromatic amines is 1. The van der Waals surface area contributed by atoms with Crippen molar-refractivity contribution in [3.63, 3.8) is 0 Å². The number of terminal acetylenes is 1. The molecule has 0 aliphatic rings. The summed E-state index contributed by atoms with van der Waals surface area (Å²) in [6.07, 6.45) is 9.75. The van der Waals surface area contributed by atoms with Gasteiger partial charge < -0.3 is 0 Å². The number of rotatable bonds is 4. The monoisotopic (exact) mass is 280 g/mol. The molecule has 5 heteroatoms. The largest absolute Gasteiger partial charge is 0.240 e. The summed E-state index contributed by atoms with van der Waals surface area (Å²) in [4.78, 5) is 4.72. The van der Waals surface area contributed by atoms with Crippen LogP contribution in [0.2, 0.25) is 0 Å². The second kappa shape index (κ2) is 5.35. The first kappa shape index (κ1) is 12.7. The van der Waals surface area contributed by atoms with Crippen molar-refractivity contribution in [2.45, 2.75) is 11.4 Å². The van der Waals surface area contributed by atoms with Crippen LogP contribution in [0.5, 0.6) is 0 Å². The standard InChI is InChI=1S/C15H12N4S/c1-3-5-11-10-6-7-13-12(9-16-19-18-13)14(10)17-15(11)20-8-4-2/h2-3,6-7,9,19H,1,5,8H2. The molecular weight excluding hydrogens is 268 g/mol. The molecule has 3 rings (SSSR count). The van der Waals surface area contributed by atoms with Crippen LogP contribution < -0.4 is 0 Å². The van der Waals surface area contributed by atoms with E-state index in [1.807, 2.05) is 18.2 Å². The molecule has 0 spiro atoms. The van der Waals surface area contributed by atoms with Crippen molar-refractivity contribution in [1.82, 2.24) is 20.4 Å². The van der Waals surface area contributed by atoms with Crippen LogP contribution in [0.1, 0.15) is 5.56 Å². The molecule has 0 aliphatic heterocycles. The third kappa shape index (κ3) is 2.04. The van der Waals surface area contributed by atoms with Gasteiger partial charge in [-0.15, -0.1) is 13.0 Å². The minimum absolute atomic E-state index is 0.607. The van der Waals surface area contributed by atoms with Gasteiger partial charge >= 0.3 is 0 Å². The molecular formula is C15H12N4S. The van der Waals surface area contributed by atoms with E-state index in [-0.39, 0.29) is 0 Å². The van der Waals surface area contributed by atoms with E-state index in [0.717, 1.165) is 33.3 Å². The van der Waals surface area contributed by atoms with E-state index in [1.54, 1.807) is 18.0 Å². The first-order valence-corrected chi connectivity index (χ1v) is 7.12. The van der Waals surface area contributed by atoms with Gasteiger partial charge in [-0.1, -0.05) is 29.8 Å². The summed E-state index contributed by atoms with van der Waals surface area (Å²) in [5, 5.41) is 13.8. The number of thioether (sulfide) groups is 1. The molecule has 0 amide bonds. The molecule has 0 radical (unpaired) electrons. The third-order valence-electron chi connectivity index (χ3n) is 3.05. The highest BCUT2D eigenvalue weighted by molar-refractivity contribution is 7.99. The molecule has 0 unspecified atom stereocenters. The Hall–Kier alpha value is -2.32. The highest BCUT2D eigenvalue weighted by Crippen LogP contribution is 2.33. The number of benzene rings is 1. The number of hydrogen-bond acceptors (Lipinski definition) is 4. The molecule has 4 nitrogen and oxygen atoms in total. The first-order valence-electron chi connectivity index (χ1n) is 6.13. The molecule has 0 bridgehead atoms. The van der Waals surface area contributed by atoms with Gasteiger partial charge in [-0.3, -0.25) is 0 Å². The maximum atomic E-state index is 5.34. The van der Waals surface area contributed by atoms with Crippen molar-refractivity contribution in [1.29, 1.82) is 0 Å². The van der Waals surface area contributed by atoms with E-state index >= 15 is 0 Å². The van der Waals surface area contributed by atoms with Crippen LogP contribution in [0.25, 0.3) is 21.8 Å². The second-order valence-corrected chi connectivity index (χ2v) is 5.21. The van der Waals surface area contributed by atoms with Crippen molar-refractivity contribution < 1.29 is 0 Å². The molecule has 0 fully saturated rings. The third-order valence-corrected chi connectivity index (χ3v) is 3.98. The maximum absolute atomic E-state index is 5.34. The van der Waals surface area contributed by atoms with Crippen molar-refractivity contribution in [2.75, 3.05) is 5.75 Å². The zero-order chi connectivity index (χ0) is 13.9. The number of nitrogens with one attached hydrogen (secondary N) is 1. The Kier molecular flexibility index (Phi) is 3.40. The number of H-pyrrole nitrogens is 1. The Morgan fingerprint density at radius 3 is 3.10 bits per heavy atom. The summed E-state index contributed by atoms with van der Waals surface area (Å²) in [5.41, 5.74) is 2.95. The van der Waals surface area contributed by atoms with Gasteiger partial charge in [0.05, 0.1) is 23.0 Å². The van der Waals surface area contributed by atoms with E-state index in [9.17, 15) is 0 Å². The highest BCUT2D eigenvalue weighted by atomic mass is 32.2. The Morgan fingerprint density at radius 1 is 1.40 bits per heavy atom. The number of hydrogen-bond donors (Lipinski definition) is 1. The Bertz CT molecular complexity index is 829. The minimum Gasteiger partial charge on any atom is -0.240 e. The lowest BCUT2D eigenvalue weighted by Crippen LogP contribution is -1.87. The minimum atomic E-state index is 0.607. The number of aromatic nitrogens is 4. The number of nitrogens with zero attached hydrogens (tertiary/aromatic N) is 3. The molecule has 0 saturated carbocycles. The van der Waals surface area contributed by atoms with Gasteiger partial charge in [0, 0.05) is 10.8 Å². The van der Waals surface area contributed by atoms with E-state index in [2.05, 4.69) is 27.9 Å². The SMILES string of the molecule is C#CCSc1nc2c(ccc3n[nH]ncc32)c1CC=C. The van der Waals surface area contributed by atoms with Crippen LogP contribution >= 0.6 is 11.8 Å². The van der Waals surface area contributed by atoms with Crippen molar-refractivity contribution in [3.05, 3.63) is 36.5 Å². The normalized spacial score (nSPS) is 10.8. The molecule has 1 aromatic carbocycles. The summed E-state index contributed by atoms with van der Waals surface area (Å²) in [7, 11) is 0. The van der Waals surface area contributed by atoms with Crippen LogP contribution in [0, 0.1) is 12.3 Å². The average Bonchev–Trinajstić information content (AvgIpc) is 2.84. The van der Waals surface area contributed by atoms with Crippen LogP contribution in [0.3, 0.4) is 0 Å². The fraction of sp³-hybridized carbons (Fsp3) is 0.133. The highest BCUT2D eigenvalue weighted by Gasteiger charge is 2.14. The van der Waals surface area contributed by atoms with Gasteiger partial charge in [-0.2, -0.15) is 15.4 Å². The van der Waals surface area contributed by atoms with E-state index in [1.165, 1.54) is 5.56 Å². The predicted octanol–water partition coefficient (Wildman–Crippen LogP) is 2.96. The topological polar surface area (TPSA) is 54.5 Å². The summed E-state index contributed by atoms with van der Waals surface area (Å²) in [5.74, 6) is 3.24. The summed E-state index contributed by atoms with van der Waals surface area (Å²) in [6, 6.07) is 4.02. The molecule has 3 aromatic rings. The lowest BCUT2D eigenvalue weighted by molar-refractivity contribution is 0.896. The van der Waals surface area contributed by atoms with Crippen LogP contribution in [0.4, 0.5) is 0 Å². The van der Waals surface area contributed by atoms with Gasteiger partial charge in [-0.05, 0) is 18.1 Å². The molecule has 98 valence electrons. The zero-order valence-electron chi connectivity index (χ0n) is 10.8. The molecule has 2 heterocycles. The Morgan fingerprint density at radius 2 is 2.30 bits per heavy atom. The average molecular weight is 280 g/mol. The maximum Gasteiger partial charge on any atom is 0.102 e. The Balaban J connectivity index is 2.28. The van der Waals surface area contributed by atoms with Crippen LogP contribution in [-0.2, 0) is 6.42 Å². The summed E-state index contributed by atoms with van der Waals surface area (Å²) < 4.78 is 0. The fourth-order valence-corrected chi connectivity index (χ4v) is 2.96. The van der Waals surface area contributed by atoms with E-state index < -0.39 is 0 Å². The van der Waals surface area contributed by atoms with Crippen molar-refractivity contribution in [3.8, 4) is 12.3 Å². The van der Waals surface area contributed by atoms with Crippen molar-refractivity contribution in [2.24, 2.45) is 0 Å². The summed E-state index contributed by atoms with van der Waals surface area (Å²) >= 11 is 1.58. The van der Waals surface area contributed by atoms with Crippen LogP contribution in [-0.4, -0.2) is 26.1 Å². The molecule has 1 N–H and O–H groups in total. The quantitative estimate of drug-likeness (QED) is 0.453. The van der Waals surface area contributed by atoms with Crippen molar-refractivity contribution >= 4 is 33.6 Å². The zero-order valence-corrected chi connectivity index (χ0v) is 11.6. The van der Waals surface area contributed by atoms with Crippen LogP contribution in [0.15, 0.2) is 36.0 Å². The van der Waals surface area contributed by atoms with E-state index in [4.69, 9.17) is 11.4 Å². The smallest absolute Gasteiger partial charge is 0.102 e. The van der Waals surface area contributed by atoms with Gasteiger partial charge in [0.25, 0.3) is 0 Å². The number of allylic oxidation sites excluding steroid dienone is 1. The predicted molar refractivity (Wildman–Crippen MR) is 82.6 cm³/mol. The molecule has 0 aliphatic carbocycles. The fourth-order valence-electron chi connectivity index (χ4n) is 2.22. The molecule has 0 saturated heterocycles. The number of fused-ring (bicyclic) bond motifs is 3. The van der Waals surface area contributed by atoms with Gasteiger partial charge in [0.1, 0.15) is 5.03 Å². The van der Waals surface area contributed by atoms with Gasteiger partial charge in [-0.25, -0.2) is 4.98 Å². The second-order valence-electron chi connectivity index (χ2n) is 4.25. The molecule has 20 heavy (non-hydrogen) atoms. The first-order chi connectivity index (χ1) is 9.85. The Labute approximate surface area is 120 Å². The summed E-state index contributed by atoms with van der Waals surface area (Å²) in [6.45, 7) is 3.82. The lowest BCUT2D eigenvalue weighted by atomic mass is 10.1. The van der Waals surface area contributed by atoms with E-state index in [0.29, 0.717) is 5.75 Å². The molecule has 2 aromatic heterocycles. The van der Waals surface area contributed by atoms with Gasteiger partial charge in [0.15, 0.2) is 0 Å². The molecule has 0 atom stereocenters. The lowest BCUT2D eigenvalue weighted by Gasteiger charge is -1.99.